The van der Waals surface area contributed by atoms with Gasteiger partial charge in [-0.2, -0.15) is 0 Å². The molecule has 2 rings (SSSR count). The molecule has 2 heterocycles. The summed E-state index contributed by atoms with van der Waals surface area (Å²) in [6.45, 7) is 13.9. The van der Waals surface area contributed by atoms with Crippen LogP contribution in [0.2, 0.25) is 0 Å². The Kier molecular flexibility index (Phi) is 15.0. The van der Waals surface area contributed by atoms with Crippen molar-refractivity contribution in [2.24, 2.45) is 0 Å². The number of methoxy groups -OCH3 is 2. The lowest BCUT2D eigenvalue weighted by molar-refractivity contribution is -0.0245. The zero-order valence-electron chi connectivity index (χ0n) is 21.3. The van der Waals surface area contributed by atoms with Crippen molar-refractivity contribution in [1.82, 2.24) is 19.6 Å². The van der Waals surface area contributed by atoms with Crippen molar-refractivity contribution in [3.05, 3.63) is 0 Å². The van der Waals surface area contributed by atoms with Crippen LogP contribution in [0.5, 0.6) is 0 Å². The summed E-state index contributed by atoms with van der Waals surface area (Å²) in [5, 5.41) is 0. The number of rotatable bonds is 17. The highest BCUT2D eigenvalue weighted by Crippen LogP contribution is 2.20. The maximum Gasteiger partial charge on any atom is 0.0593 e. The molecule has 0 aliphatic carbocycles. The molecule has 8 nitrogen and oxygen atoms in total. The fraction of sp³-hybridized carbons (Fsp3) is 1.00. The topological polar surface area (TPSA) is 49.9 Å². The summed E-state index contributed by atoms with van der Waals surface area (Å²) in [5.41, 5.74) is 0. The van der Waals surface area contributed by atoms with E-state index in [0.717, 1.165) is 118 Å². The molecule has 0 aromatic carbocycles. The highest BCUT2D eigenvalue weighted by Gasteiger charge is 2.37. The van der Waals surface area contributed by atoms with E-state index >= 15 is 0 Å². The number of likely N-dealkylation sites (N-methyl/N-ethyl adjacent to an activating group) is 2. The second-order valence-corrected chi connectivity index (χ2v) is 9.36. The number of hydrogen-bond acceptors (Lipinski definition) is 8. The van der Waals surface area contributed by atoms with Gasteiger partial charge in [-0.05, 0) is 39.8 Å². The Balaban J connectivity index is 1.81. The van der Waals surface area contributed by atoms with Gasteiger partial charge in [0.15, 0.2) is 0 Å². The van der Waals surface area contributed by atoms with Gasteiger partial charge in [0.2, 0.25) is 0 Å². The Hall–Kier alpha value is -0.320. The van der Waals surface area contributed by atoms with Crippen molar-refractivity contribution in [3.8, 4) is 0 Å². The molecular weight excluding hydrogens is 408 g/mol. The van der Waals surface area contributed by atoms with Gasteiger partial charge in [-0.1, -0.05) is 0 Å². The maximum atomic E-state index is 5.95. The van der Waals surface area contributed by atoms with E-state index in [1.165, 1.54) is 0 Å². The molecule has 0 radical (unpaired) electrons. The van der Waals surface area contributed by atoms with Crippen LogP contribution in [0.25, 0.3) is 0 Å². The maximum absolute atomic E-state index is 5.95. The zero-order chi connectivity index (χ0) is 23.0. The average molecular weight is 459 g/mol. The van der Waals surface area contributed by atoms with Gasteiger partial charge in [0.1, 0.15) is 0 Å². The first kappa shape index (κ1) is 27.9. The van der Waals surface area contributed by atoms with Gasteiger partial charge in [0, 0.05) is 112 Å². The first-order valence-corrected chi connectivity index (χ1v) is 12.6. The molecule has 0 spiro atoms. The molecule has 2 unspecified atom stereocenters. The van der Waals surface area contributed by atoms with E-state index < -0.39 is 0 Å². The van der Waals surface area contributed by atoms with E-state index in [-0.39, 0.29) is 0 Å². The van der Waals surface area contributed by atoms with Crippen LogP contribution in [-0.2, 0) is 18.9 Å². The molecule has 2 aliphatic rings. The molecular formula is C24H50N4O4. The molecule has 2 fully saturated rings. The van der Waals surface area contributed by atoms with E-state index in [1.54, 1.807) is 14.2 Å². The highest BCUT2D eigenvalue weighted by atomic mass is 16.5. The van der Waals surface area contributed by atoms with E-state index in [0.29, 0.717) is 12.1 Å². The average Bonchev–Trinajstić information content (AvgIpc) is 2.79. The third kappa shape index (κ3) is 10.7. The van der Waals surface area contributed by atoms with Crippen LogP contribution in [0.15, 0.2) is 0 Å². The Labute approximate surface area is 197 Å². The summed E-state index contributed by atoms with van der Waals surface area (Å²) in [5.74, 6) is 0. The summed E-state index contributed by atoms with van der Waals surface area (Å²) in [4.78, 5) is 10.4. The third-order valence-electron chi connectivity index (χ3n) is 6.70. The molecule has 0 bridgehead atoms. The quantitative estimate of drug-likeness (QED) is 0.301. The smallest absolute Gasteiger partial charge is 0.0593 e. The van der Waals surface area contributed by atoms with E-state index in [4.69, 9.17) is 18.9 Å². The van der Waals surface area contributed by atoms with Crippen molar-refractivity contribution in [3.63, 3.8) is 0 Å². The van der Waals surface area contributed by atoms with E-state index in [1.807, 2.05) is 0 Å². The van der Waals surface area contributed by atoms with Crippen LogP contribution in [0.1, 0.15) is 25.7 Å². The molecule has 0 aromatic rings. The Bertz CT molecular complexity index is 420. The molecule has 0 N–H and O–H groups in total. The van der Waals surface area contributed by atoms with Gasteiger partial charge < -0.3 is 28.7 Å². The first-order chi connectivity index (χ1) is 15.7. The van der Waals surface area contributed by atoms with Crippen LogP contribution in [0.4, 0.5) is 0 Å². The molecule has 0 amide bonds. The van der Waals surface area contributed by atoms with Gasteiger partial charge in [-0.25, -0.2) is 0 Å². The van der Waals surface area contributed by atoms with Crippen LogP contribution in [0.3, 0.4) is 0 Å². The van der Waals surface area contributed by atoms with Crippen molar-refractivity contribution < 1.29 is 18.9 Å². The first-order valence-electron chi connectivity index (χ1n) is 12.6. The molecule has 2 atom stereocenters. The summed E-state index contributed by atoms with van der Waals surface area (Å²) in [7, 11) is 8.04. The van der Waals surface area contributed by atoms with Crippen molar-refractivity contribution >= 4 is 0 Å². The van der Waals surface area contributed by atoms with Gasteiger partial charge >= 0.3 is 0 Å². The minimum atomic E-state index is 0.552. The van der Waals surface area contributed by atoms with E-state index in [2.05, 4.69) is 33.7 Å². The highest BCUT2D eigenvalue weighted by molar-refractivity contribution is 4.95. The summed E-state index contributed by atoms with van der Waals surface area (Å²) in [6.07, 6.45) is 4.23. The van der Waals surface area contributed by atoms with Crippen molar-refractivity contribution in [2.75, 3.05) is 120 Å². The fourth-order valence-electron chi connectivity index (χ4n) is 4.78. The predicted molar refractivity (Wildman–Crippen MR) is 130 cm³/mol. The summed E-state index contributed by atoms with van der Waals surface area (Å²) < 4.78 is 22.0. The molecule has 0 aromatic heterocycles. The normalized spacial score (nSPS) is 24.4. The molecule has 0 saturated carbocycles. The van der Waals surface area contributed by atoms with Crippen LogP contribution < -0.4 is 0 Å². The second kappa shape index (κ2) is 17.2. The molecule has 8 heteroatoms. The SMILES string of the molecule is COCCCCOCCN1CCN(C)CC1C1CN(C)CCN1CCCOCCCOC. The lowest BCUT2D eigenvalue weighted by Crippen LogP contribution is -2.66. The van der Waals surface area contributed by atoms with Crippen molar-refractivity contribution in [1.29, 1.82) is 0 Å². The predicted octanol–water partition coefficient (Wildman–Crippen LogP) is 1.10. The summed E-state index contributed by atoms with van der Waals surface area (Å²) in [6, 6.07) is 1.11. The molecule has 2 aliphatic heterocycles. The Morgan fingerprint density at radius 3 is 1.72 bits per heavy atom. The van der Waals surface area contributed by atoms with Gasteiger partial charge in [-0.15, -0.1) is 0 Å². The Morgan fingerprint density at radius 1 is 0.562 bits per heavy atom. The van der Waals surface area contributed by atoms with Crippen LogP contribution >= 0.6 is 0 Å². The minimum Gasteiger partial charge on any atom is -0.385 e. The van der Waals surface area contributed by atoms with Crippen LogP contribution in [0, 0.1) is 0 Å². The second-order valence-electron chi connectivity index (χ2n) is 9.36. The van der Waals surface area contributed by atoms with E-state index in [9.17, 15) is 0 Å². The summed E-state index contributed by atoms with van der Waals surface area (Å²) >= 11 is 0. The fourth-order valence-corrected chi connectivity index (χ4v) is 4.78. The largest absolute Gasteiger partial charge is 0.385 e. The zero-order valence-corrected chi connectivity index (χ0v) is 21.3. The third-order valence-corrected chi connectivity index (χ3v) is 6.70. The Morgan fingerprint density at radius 2 is 1.06 bits per heavy atom. The molecule has 190 valence electrons. The van der Waals surface area contributed by atoms with Gasteiger partial charge in [-0.3, -0.25) is 9.80 Å². The minimum absolute atomic E-state index is 0.552. The molecule has 32 heavy (non-hydrogen) atoms. The monoisotopic (exact) mass is 458 g/mol. The number of ether oxygens (including phenoxy) is 4. The van der Waals surface area contributed by atoms with Gasteiger partial charge in [0.25, 0.3) is 0 Å². The lowest BCUT2D eigenvalue weighted by atomic mass is 9.98. The number of nitrogens with zero attached hydrogens (tertiary/aromatic N) is 4. The standard InChI is InChI=1S/C24H50N4O4/c1-25-10-12-27(9-7-18-31-19-8-16-30-4)23(21-25)24-22-26(2)11-13-28(24)14-20-32-17-6-5-15-29-3/h23-24H,5-22H2,1-4H3. The van der Waals surface area contributed by atoms with Crippen LogP contribution in [-0.4, -0.2) is 152 Å². The molecule has 2 saturated heterocycles. The van der Waals surface area contributed by atoms with Gasteiger partial charge in [0.05, 0.1) is 6.61 Å². The lowest BCUT2D eigenvalue weighted by Gasteiger charge is -2.50. The number of hydrogen-bond donors (Lipinski definition) is 0. The van der Waals surface area contributed by atoms with Crippen molar-refractivity contribution in [2.45, 2.75) is 37.8 Å². The number of piperazine rings is 2. The number of unbranched alkanes of at least 4 members (excludes halogenated alkanes) is 1.